The standard InChI is InChI=1S/C25H26Cl2N2O2S2/c1-3-16(2)29(23(30)14-18-5-4-11-32-18)15-24(31)28-10-8-22-20(9-12-33-22)25(28)19-7-6-17(26)13-21(19)27/h4-7,9,11-13,16,25H,3,8,10,14-15H2,1-2H3. The van der Waals surface area contributed by atoms with E-state index in [9.17, 15) is 9.59 Å². The predicted octanol–water partition coefficient (Wildman–Crippen LogP) is 6.46. The first-order chi connectivity index (χ1) is 15.9. The lowest BCUT2D eigenvalue weighted by Crippen LogP contribution is -2.49. The Morgan fingerprint density at radius 3 is 2.67 bits per heavy atom. The number of halogens is 2. The molecule has 3 heterocycles. The van der Waals surface area contributed by atoms with Crippen molar-refractivity contribution in [1.82, 2.24) is 9.80 Å². The van der Waals surface area contributed by atoms with E-state index in [-0.39, 0.29) is 30.4 Å². The van der Waals surface area contributed by atoms with Crippen molar-refractivity contribution in [2.75, 3.05) is 13.1 Å². The lowest BCUT2D eigenvalue weighted by molar-refractivity contribution is -0.143. The van der Waals surface area contributed by atoms with Crippen molar-refractivity contribution in [3.05, 3.63) is 78.1 Å². The molecule has 2 unspecified atom stereocenters. The number of benzene rings is 1. The molecule has 2 aromatic heterocycles. The van der Waals surface area contributed by atoms with Gasteiger partial charge in [-0.25, -0.2) is 0 Å². The molecule has 2 atom stereocenters. The Kier molecular flexibility index (Phi) is 7.80. The average molecular weight is 522 g/mol. The zero-order chi connectivity index (χ0) is 23.5. The molecule has 0 bridgehead atoms. The van der Waals surface area contributed by atoms with Crippen LogP contribution < -0.4 is 0 Å². The van der Waals surface area contributed by atoms with E-state index in [2.05, 4.69) is 11.4 Å². The topological polar surface area (TPSA) is 40.6 Å². The van der Waals surface area contributed by atoms with E-state index >= 15 is 0 Å². The highest BCUT2D eigenvalue weighted by atomic mass is 35.5. The summed E-state index contributed by atoms with van der Waals surface area (Å²) in [6, 6.07) is 11.1. The average Bonchev–Trinajstić information content (AvgIpc) is 3.48. The summed E-state index contributed by atoms with van der Waals surface area (Å²) in [4.78, 5) is 32.7. The van der Waals surface area contributed by atoms with Crippen LogP contribution in [0.2, 0.25) is 10.0 Å². The van der Waals surface area contributed by atoms with Crippen molar-refractivity contribution >= 4 is 57.7 Å². The van der Waals surface area contributed by atoms with E-state index in [0.29, 0.717) is 23.0 Å². The summed E-state index contributed by atoms with van der Waals surface area (Å²) in [6.45, 7) is 4.68. The Morgan fingerprint density at radius 1 is 1.15 bits per heavy atom. The minimum atomic E-state index is -0.288. The second-order valence-electron chi connectivity index (χ2n) is 8.24. The molecule has 1 aliphatic heterocycles. The van der Waals surface area contributed by atoms with Gasteiger partial charge in [0.15, 0.2) is 0 Å². The van der Waals surface area contributed by atoms with Crippen molar-refractivity contribution in [3.63, 3.8) is 0 Å². The molecular weight excluding hydrogens is 495 g/mol. The highest BCUT2D eigenvalue weighted by Gasteiger charge is 2.35. The molecule has 4 rings (SSSR count). The van der Waals surface area contributed by atoms with Gasteiger partial charge in [0.05, 0.1) is 12.5 Å². The Bertz CT molecular complexity index is 1130. The predicted molar refractivity (Wildman–Crippen MR) is 138 cm³/mol. The van der Waals surface area contributed by atoms with Crippen LogP contribution >= 0.6 is 45.9 Å². The van der Waals surface area contributed by atoms with Crippen molar-refractivity contribution in [3.8, 4) is 0 Å². The van der Waals surface area contributed by atoms with Crippen LogP contribution in [-0.2, 0) is 22.4 Å². The summed E-state index contributed by atoms with van der Waals surface area (Å²) in [5.41, 5.74) is 1.96. The lowest BCUT2D eigenvalue weighted by Gasteiger charge is -2.38. The molecule has 2 amide bonds. The van der Waals surface area contributed by atoms with E-state index in [1.807, 2.05) is 48.4 Å². The number of thiophene rings is 2. The van der Waals surface area contributed by atoms with Gasteiger partial charge in [0.1, 0.15) is 6.54 Å². The minimum absolute atomic E-state index is 0.0190. The molecule has 1 aliphatic rings. The van der Waals surface area contributed by atoms with E-state index < -0.39 is 0 Å². The van der Waals surface area contributed by atoms with Gasteiger partial charge in [-0.1, -0.05) is 42.3 Å². The number of nitrogens with zero attached hydrogens (tertiary/aromatic N) is 2. The largest absolute Gasteiger partial charge is 0.330 e. The van der Waals surface area contributed by atoms with Gasteiger partial charge in [0.2, 0.25) is 11.8 Å². The zero-order valence-electron chi connectivity index (χ0n) is 18.6. The quantitative estimate of drug-likeness (QED) is 0.358. The zero-order valence-corrected chi connectivity index (χ0v) is 21.7. The molecule has 33 heavy (non-hydrogen) atoms. The SMILES string of the molecule is CCC(C)N(CC(=O)N1CCc2sccc2C1c1ccc(Cl)cc1Cl)C(=O)Cc1cccs1. The van der Waals surface area contributed by atoms with E-state index in [1.165, 1.54) is 4.88 Å². The van der Waals surface area contributed by atoms with Crippen LogP contribution in [0, 0.1) is 0 Å². The molecular formula is C25H26Cl2N2O2S2. The Labute approximate surface area is 212 Å². The molecule has 3 aromatic rings. The van der Waals surface area contributed by atoms with Gasteiger partial charge < -0.3 is 9.80 Å². The summed E-state index contributed by atoms with van der Waals surface area (Å²) >= 11 is 16.0. The van der Waals surface area contributed by atoms with E-state index in [0.717, 1.165) is 28.8 Å². The van der Waals surface area contributed by atoms with Crippen LogP contribution in [0.3, 0.4) is 0 Å². The minimum Gasteiger partial charge on any atom is -0.330 e. The number of carbonyl (C=O) groups is 2. The van der Waals surface area contributed by atoms with Gasteiger partial charge in [0, 0.05) is 32.4 Å². The van der Waals surface area contributed by atoms with Gasteiger partial charge in [-0.05, 0) is 65.9 Å². The summed E-state index contributed by atoms with van der Waals surface area (Å²) in [6.07, 6.45) is 1.90. The number of rotatable bonds is 7. The number of amides is 2. The first kappa shape index (κ1) is 24.3. The Hall–Kier alpha value is -1.86. The van der Waals surface area contributed by atoms with Gasteiger partial charge in [-0.15, -0.1) is 22.7 Å². The third-order valence-electron chi connectivity index (χ3n) is 6.20. The van der Waals surface area contributed by atoms with Gasteiger partial charge in [-0.3, -0.25) is 9.59 Å². The van der Waals surface area contributed by atoms with Crippen LogP contribution in [0.5, 0.6) is 0 Å². The molecule has 0 N–H and O–H groups in total. The molecule has 0 aliphatic carbocycles. The first-order valence-electron chi connectivity index (χ1n) is 11.0. The van der Waals surface area contributed by atoms with E-state index in [1.54, 1.807) is 33.6 Å². The number of hydrogen-bond acceptors (Lipinski definition) is 4. The van der Waals surface area contributed by atoms with Crippen LogP contribution in [0.25, 0.3) is 0 Å². The molecule has 1 aromatic carbocycles. The van der Waals surface area contributed by atoms with Crippen molar-refractivity contribution < 1.29 is 9.59 Å². The van der Waals surface area contributed by atoms with Crippen LogP contribution in [0.1, 0.15) is 47.2 Å². The molecule has 4 nitrogen and oxygen atoms in total. The smallest absolute Gasteiger partial charge is 0.243 e. The Balaban J connectivity index is 1.62. The monoisotopic (exact) mass is 520 g/mol. The number of hydrogen-bond donors (Lipinski definition) is 0. The summed E-state index contributed by atoms with van der Waals surface area (Å²) in [5.74, 6) is -0.0860. The molecule has 0 saturated heterocycles. The summed E-state index contributed by atoms with van der Waals surface area (Å²) in [7, 11) is 0. The molecule has 174 valence electrons. The Morgan fingerprint density at radius 2 is 1.97 bits per heavy atom. The molecule has 8 heteroatoms. The van der Waals surface area contributed by atoms with Crippen LogP contribution in [0.15, 0.2) is 47.2 Å². The fourth-order valence-corrected chi connectivity index (χ4v) is 6.37. The maximum Gasteiger partial charge on any atom is 0.243 e. The molecule has 0 radical (unpaired) electrons. The highest BCUT2D eigenvalue weighted by Crippen LogP contribution is 2.41. The summed E-state index contributed by atoms with van der Waals surface area (Å²) < 4.78 is 0. The maximum atomic E-state index is 13.7. The molecule has 0 saturated carbocycles. The fraction of sp³-hybridized carbons (Fsp3) is 0.360. The van der Waals surface area contributed by atoms with E-state index in [4.69, 9.17) is 23.2 Å². The van der Waals surface area contributed by atoms with Gasteiger partial charge in [-0.2, -0.15) is 0 Å². The van der Waals surface area contributed by atoms with Crippen LogP contribution in [-0.4, -0.2) is 40.7 Å². The number of carbonyl (C=O) groups excluding carboxylic acids is 2. The van der Waals surface area contributed by atoms with Crippen molar-refractivity contribution in [1.29, 1.82) is 0 Å². The maximum absolute atomic E-state index is 13.7. The highest BCUT2D eigenvalue weighted by molar-refractivity contribution is 7.10. The van der Waals surface area contributed by atoms with Crippen LogP contribution in [0.4, 0.5) is 0 Å². The van der Waals surface area contributed by atoms with Crippen molar-refractivity contribution in [2.24, 2.45) is 0 Å². The lowest BCUT2D eigenvalue weighted by atomic mass is 9.93. The number of fused-ring (bicyclic) bond motifs is 1. The third-order valence-corrected chi connectivity index (χ3v) is 8.63. The normalized spacial score (nSPS) is 16.4. The van der Waals surface area contributed by atoms with Gasteiger partial charge >= 0.3 is 0 Å². The second-order valence-corrected chi connectivity index (χ2v) is 11.1. The molecule has 0 spiro atoms. The third kappa shape index (κ3) is 5.29. The first-order valence-corrected chi connectivity index (χ1v) is 13.5. The molecule has 0 fully saturated rings. The summed E-state index contributed by atoms with van der Waals surface area (Å²) in [5, 5.41) is 5.13. The van der Waals surface area contributed by atoms with Crippen molar-refractivity contribution in [2.45, 2.75) is 45.2 Å². The van der Waals surface area contributed by atoms with Gasteiger partial charge in [0.25, 0.3) is 0 Å². The fourth-order valence-electron chi connectivity index (χ4n) is 4.25. The second kappa shape index (κ2) is 10.6.